The second kappa shape index (κ2) is 14.2. The number of rotatable bonds is 8. The molecule has 10 nitrogen and oxygen atoms in total. The van der Waals surface area contributed by atoms with Gasteiger partial charge in [-0.15, -0.1) is 0 Å². The van der Waals surface area contributed by atoms with Gasteiger partial charge in [0, 0.05) is 29.7 Å². The van der Waals surface area contributed by atoms with Crippen LogP contribution in [0.4, 0.5) is 11.4 Å². The van der Waals surface area contributed by atoms with Gasteiger partial charge in [-0.05, 0) is 75.0 Å². The zero-order valence-corrected chi connectivity index (χ0v) is 22.7. The number of aryl methyl sites for hydroxylation is 1. The lowest BCUT2D eigenvalue weighted by Crippen LogP contribution is -2.28. The zero-order chi connectivity index (χ0) is 27.5. The van der Waals surface area contributed by atoms with Gasteiger partial charge < -0.3 is 21.3 Å². The molecule has 1 unspecified atom stereocenters. The van der Waals surface area contributed by atoms with Gasteiger partial charge in [-0.3, -0.25) is 24.8 Å². The molecule has 1 aliphatic heterocycles. The van der Waals surface area contributed by atoms with Crippen LogP contribution in [0.25, 0.3) is 11.1 Å². The van der Waals surface area contributed by atoms with Gasteiger partial charge in [0.15, 0.2) is 5.71 Å². The van der Waals surface area contributed by atoms with Crippen LogP contribution in [0.1, 0.15) is 31.2 Å². The quantitative estimate of drug-likeness (QED) is 0.112. The molecular weight excluding hydrogens is 500 g/mol. The number of aldehydes is 1. The van der Waals surface area contributed by atoms with Crippen LogP contribution in [0, 0.1) is 6.92 Å². The third-order valence-electron chi connectivity index (χ3n) is 6.30. The highest BCUT2D eigenvalue weighted by molar-refractivity contribution is 7.97. The Kier molecular flexibility index (Phi) is 10.8. The molecule has 0 radical (unpaired) electrons. The number of pyridine rings is 2. The van der Waals surface area contributed by atoms with Crippen LogP contribution in [-0.2, 0) is 9.59 Å². The number of nitrogens with zero attached hydrogens (tertiary/aromatic N) is 4. The number of anilines is 2. The minimum atomic E-state index is -0.463. The first-order valence-corrected chi connectivity index (χ1v) is 13.1. The minimum absolute atomic E-state index is 0.0284. The summed E-state index contributed by atoms with van der Waals surface area (Å²) in [7, 11) is 1.78. The van der Waals surface area contributed by atoms with E-state index in [4.69, 9.17) is 11.0 Å². The summed E-state index contributed by atoms with van der Waals surface area (Å²) in [6, 6.07) is 13.8. The van der Waals surface area contributed by atoms with Crippen molar-refractivity contribution in [3.8, 4) is 11.1 Å². The average Bonchev–Trinajstić information content (AvgIpc) is 3.35. The Morgan fingerprint density at radius 1 is 1.18 bits per heavy atom. The lowest BCUT2D eigenvalue weighted by molar-refractivity contribution is -0.110. The van der Waals surface area contributed by atoms with Crippen molar-refractivity contribution in [3.63, 3.8) is 0 Å². The van der Waals surface area contributed by atoms with E-state index in [1.165, 1.54) is 24.8 Å². The fourth-order valence-corrected chi connectivity index (χ4v) is 4.30. The van der Waals surface area contributed by atoms with Crippen molar-refractivity contribution in [2.45, 2.75) is 37.6 Å². The summed E-state index contributed by atoms with van der Waals surface area (Å²) in [6.07, 6.45) is 6.86. The number of hydrogen-bond donors (Lipinski definition) is 4. The first-order chi connectivity index (χ1) is 18.4. The van der Waals surface area contributed by atoms with Crippen LogP contribution < -0.4 is 21.6 Å². The molecule has 1 fully saturated rings. The first-order valence-electron chi connectivity index (χ1n) is 12.2. The largest absolute Gasteiger partial charge is 0.387 e. The molecule has 3 heterocycles. The second-order valence-electron chi connectivity index (χ2n) is 8.77. The Labute approximate surface area is 227 Å². The SMILES string of the molecule is CC1CCCN1CC=O.CNc1cnc(C)c(NC(=O)/C(=N/N)c2ccc(-c3ccc(SN)cc3)cn2)c1. The summed E-state index contributed by atoms with van der Waals surface area (Å²) in [5, 5.41) is 15.0. The number of carbonyl (C=O) groups is 2. The number of benzene rings is 1. The Morgan fingerprint density at radius 2 is 1.92 bits per heavy atom. The summed E-state index contributed by atoms with van der Waals surface area (Å²) in [5.74, 6) is 5.02. The molecule has 4 rings (SSSR count). The molecule has 1 aliphatic rings. The lowest BCUT2D eigenvalue weighted by atomic mass is 10.1. The summed E-state index contributed by atoms with van der Waals surface area (Å²) in [6.45, 7) is 5.72. The average molecular weight is 535 g/mol. The summed E-state index contributed by atoms with van der Waals surface area (Å²) < 4.78 is 0. The van der Waals surface area contributed by atoms with Gasteiger partial charge in [0.2, 0.25) is 0 Å². The van der Waals surface area contributed by atoms with Crippen LogP contribution in [0.2, 0.25) is 0 Å². The number of amides is 1. The van der Waals surface area contributed by atoms with Crippen LogP contribution in [0.15, 0.2) is 64.9 Å². The molecule has 6 N–H and O–H groups in total. The molecule has 0 aliphatic carbocycles. The molecule has 1 amide bonds. The topological polar surface area (TPSA) is 152 Å². The predicted octanol–water partition coefficient (Wildman–Crippen LogP) is 3.43. The van der Waals surface area contributed by atoms with Gasteiger partial charge in [0.05, 0.1) is 35.5 Å². The molecule has 11 heteroatoms. The summed E-state index contributed by atoms with van der Waals surface area (Å²) in [4.78, 5) is 34.6. The molecule has 38 heavy (non-hydrogen) atoms. The minimum Gasteiger partial charge on any atom is -0.387 e. The van der Waals surface area contributed by atoms with E-state index in [1.807, 2.05) is 30.3 Å². The Hall–Kier alpha value is -3.80. The van der Waals surface area contributed by atoms with Gasteiger partial charge in [-0.1, -0.05) is 18.2 Å². The Bertz CT molecular complexity index is 1250. The molecule has 2 aromatic heterocycles. The Morgan fingerprint density at radius 3 is 2.47 bits per heavy atom. The highest BCUT2D eigenvalue weighted by Gasteiger charge is 2.19. The normalized spacial score (nSPS) is 15.4. The van der Waals surface area contributed by atoms with E-state index in [2.05, 4.69) is 37.5 Å². The van der Waals surface area contributed by atoms with E-state index in [0.29, 0.717) is 29.7 Å². The van der Waals surface area contributed by atoms with Crippen molar-refractivity contribution in [3.05, 3.63) is 66.2 Å². The van der Waals surface area contributed by atoms with Crippen molar-refractivity contribution >= 4 is 41.2 Å². The molecule has 0 bridgehead atoms. The standard InChI is InChI=1S/C20H21N7OS.C7H13NO/c1-12-18(9-15(23-2)11-24-12)26-20(28)19(27-21)17-8-5-14(10-25-17)13-3-6-16(29-22)7-4-13;1-7-3-2-4-8(7)5-6-9/h3-11,23H,21-22H2,1-2H3,(H,26,28);6-7H,2-5H2,1H3/b27-19+;. The van der Waals surface area contributed by atoms with E-state index < -0.39 is 5.91 Å². The first kappa shape index (κ1) is 28.8. The van der Waals surface area contributed by atoms with E-state index in [1.54, 1.807) is 38.5 Å². The number of nitrogens with two attached hydrogens (primary N) is 2. The molecule has 0 spiro atoms. The van der Waals surface area contributed by atoms with Crippen molar-refractivity contribution in [1.29, 1.82) is 0 Å². The van der Waals surface area contributed by atoms with Crippen LogP contribution in [0.3, 0.4) is 0 Å². The van der Waals surface area contributed by atoms with Crippen LogP contribution >= 0.6 is 11.9 Å². The van der Waals surface area contributed by atoms with Crippen molar-refractivity contribution in [2.24, 2.45) is 16.1 Å². The van der Waals surface area contributed by atoms with Crippen molar-refractivity contribution < 1.29 is 9.59 Å². The third-order valence-corrected chi connectivity index (χ3v) is 6.84. The molecule has 200 valence electrons. The maximum atomic E-state index is 12.7. The van der Waals surface area contributed by atoms with Gasteiger partial charge in [0.1, 0.15) is 6.29 Å². The zero-order valence-electron chi connectivity index (χ0n) is 21.8. The van der Waals surface area contributed by atoms with Crippen LogP contribution in [-0.4, -0.2) is 59.0 Å². The predicted molar refractivity (Wildman–Crippen MR) is 154 cm³/mol. The monoisotopic (exact) mass is 534 g/mol. The van der Waals surface area contributed by atoms with Crippen molar-refractivity contribution in [2.75, 3.05) is 30.8 Å². The van der Waals surface area contributed by atoms with Gasteiger partial charge >= 0.3 is 0 Å². The van der Waals surface area contributed by atoms with E-state index in [-0.39, 0.29) is 5.71 Å². The second-order valence-corrected chi connectivity index (χ2v) is 9.47. The fourth-order valence-electron chi connectivity index (χ4n) is 4.01. The molecular formula is C27H34N8O2S. The van der Waals surface area contributed by atoms with Gasteiger partial charge in [-0.2, -0.15) is 5.10 Å². The number of carbonyl (C=O) groups excluding carboxylic acids is 2. The third kappa shape index (κ3) is 7.60. The van der Waals surface area contributed by atoms with Gasteiger partial charge in [0.25, 0.3) is 5.91 Å². The molecule has 1 atom stereocenters. The van der Waals surface area contributed by atoms with Gasteiger partial charge in [-0.25, -0.2) is 0 Å². The van der Waals surface area contributed by atoms with E-state index >= 15 is 0 Å². The lowest BCUT2D eigenvalue weighted by Gasteiger charge is -2.16. The summed E-state index contributed by atoms with van der Waals surface area (Å²) >= 11 is 1.19. The maximum absolute atomic E-state index is 12.7. The molecule has 0 saturated carbocycles. The number of hydrogen-bond acceptors (Lipinski definition) is 10. The molecule has 1 saturated heterocycles. The maximum Gasteiger partial charge on any atom is 0.278 e. The van der Waals surface area contributed by atoms with Crippen LogP contribution in [0.5, 0.6) is 0 Å². The number of aromatic nitrogens is 2. The highest BCUT2D eigenvalue weighted by atomic mass is 32.2. The fraction of sp³-hybridized carbons (Fsp3) is 0.296. The number of nitrogens with one attached hydrogen (secondary N) is 2. The van der Waals surface area contributed by atoms with Crippen molar-refractivity contribution in [1.82, 2.24) is 14.9 Å². The summed E-state index contributed by atoms with van der Waals surface area (Å²) in [5.41, 5.74) is 4.32. The number of likely N-dealkylation sites (tertiary alicyclic amines) is 1. The molecule has 1 aromatic carbocycles. The van der Waals surface area contributed by atoms with E-state index in [9.17, 15) is 9.59 Å². The van der Waals surface area contributed by atoms with E-state index in [0.717, 1.165) is 34.5 Å². The number of hydrazone groups is 1. The Balaban J connectivity index is 0.000000375. The molecule has 3 aromatic rings. The smallest absolute Gasteiger partial charge is 0.278 e. The highest BCUT2D eigenvalue weighted by Crippen LogP contribution is 2.22.